The van der Waals surface area contributed by atoms with E-state index in [9.17, 15) is 4.79 Å². The average Bonchev–Trinajstić information content (AvgIpc) is 3.25. The molecular formula is C25H24N4O3. The predicted octanol–water partition coefficient (Wildman–Crippen LogP) is 4.03. The third-order valence-electron chi connectivity index (χ3n) is 6.43. The highest BCUT2D eigenvalue weighted by molar-refractivity contribution is 6.00. The second-order valence-electron chi connectivity index (χ2n) is 8.41. The number of hydrogen-bond acceptors (Lipinski definition) is 6. The summed E-state index contributed by atoms with van der Waals surface area (Å²) in [5, 5.41) is 8.16. The van der Waals surface area contributed by atoms with E-state index < -0.39 is 0 Å². The Morgan fingerprint density at radius 2 is 1.84 bits per heavy atom. The smallest absolute Gasteiger partial charge is 0.226 e. The summed E-state index contributed by atoms with van der Waals surface area (Å²) >= 11 is 0. The summed E-state index contributed by atoms with van der Waals surface area (Å²) in [6.45, 7) is 3.09. The summed E-state index contributed by atoms with van der Waals surface area (Å²) in [5.41, 5.74) is 3.85. The fraction of sp³-hybridized carbons (Fsp3) is 0.320. The summed E-state index contributed by atoms with van der Waals surface area (Å²) in [6, 6.07) is 15.8. The highest BCUT2D eigenvalue weighted by Gasteiger charge is 2.40. The van der Waals surface area contributed by atoms with Gasteiger partial charge >= 0.3 is 0 Å². The predicted molar refractivity (Wildman–Crippen MR) is 119 cm³/mol. The Kier molecular flexibility index (Phi) is 4.48. The molecule has 6 rings (SSSR count). The van der Waals surface area contributed by atoms with Crippen LogP contribution in [0.2, 0.25) is 0 Å². The van der Waals surface area contributed by atoms with E-state index in [2.05, 4.69) is 22.4 Å². The van der Waals surface area contributed by atoms with E-state index in [1.165, 1.54) is 5.56 Å². The molecule has 0 bridgehead atoms. The lowest BCUT2D eigenvalue weighted by Crippen LogP contribution is -2.33. The van der Waals surface area contributed by atoms with Crippen LogP contribution in [0, 0.1) is 0 Å². The van der Waals surface area contributed by atoms with Crippen molar-refractivity contribution in [3.8, 4) is 11.5 Å². The van der Waals surface area contributed by atoms with Crippen molar-refractivity contribution >= 4 is 11.7 Å². The molecule has 1 N–H and O–H groups in total. The number of carbonyl (C=O) groups is 1. The largest absolute Gasteiger partial charge is 0.486 e. The van der Waals surface area contributed by atoms with Gasteiger partial charge in [-0.3, -0.25) is 4.79 Å². The zero-order chi connectivity index (χ0) is 21.7. The van der Waals surface area contributed by atoms with Crippen LogP contribution >= 0.6 is 0 Å². The molecule has 2 aromatic carbocycles. The number of aromatic nitrogens is 3. The molecule has 0 amide bonds. The van der Waals surface area contributed by atoms with Gasteiger partial charge in [-0.15, -0.1) is 0 Å². The van der Waals surface area contributed by atoms with Crippen molar-refractivity contribution in [2.75, 3.05) is 18.5 Å². The Morgan fingerprint density at radius 1 is 1.03 bits per heavy atom. The summed E-state index contributed by atoms with van der Waals surface area (Å²) in [7, 11) is 0. The molecule has 2 atom stereocenters. The van der Waals surface area contributed by atoms with Crippen LogP contribution in [0.5, 0.6) is 11.5 Å². The summed E-state index contributed by atoms with van der Waals surface area (Å²) < 4.78 is 13.4. The van der Waals surface area contributed by atoms with Gasteiger partial charge < -0.3 is 14.8 Å². The lowest BCUT2D eigenvalue weighted by Gasteiger charge is -2.35. The van der Waals surface area contributed by atoms with Gasteiger partial charge in [0.2, 0.25) is 5.95 Å². The molecule has 0 spiro atoms. The van der Waals surface area contributed by atoms with Crippen molar-refractivity contribution in [1.82, 2.24) is 14.8 Å². The molecule has 3 heterocycles. The number of anilines is 1. The Labute approximate surface area is 186 Å². The maximum Gasteiger partial charge on any atom is 0.226 e. The fourth-order valence-corrected chi connectivity index (χ4v) is 4.91. The molecule has 0 radical (unpaired) electrons. The third-order valence-corrected chi connectivity index (χ3v) is 6.43. The minimum absolute atomic E-state index is 0.145. The van der Waals surface area contributed by atoms with Crippen molar-refractivity contribution < 1.29 is 14.3 Å². The van der Waals surface area contributed by atoms with Crippen molar-refractivity contribution in [1.29, 1.82) is 0 Å². The molecule has 2 aliphatic heterocycles. The Morgan fingerprint density at radius 3 is 2.66 bits per heavy atom. The lowest BCUT2D eigenvalue weighted by molar-refractivity contribution is -0.116. The second kappa shape index (κ2) is 7.51. The van der Waals surface area contributed by atoms with Gasteiger partial charge in [0.05, 0.1) is 0 Å². The number of aryl methyl sites for hydroxylation is 1. The highest BCUT2D eigenvalue weighted by atomic mass is 16.6. The van der Waals surface area contributed by atoms with Gasteiger partial charge in [-0.25, -0.2) is 4.68 Å². The van der Waals surface area contributed by atoms with Crippen molar-refractivity contribution in [2.45, 2.75) is 38.1 Å². The first-order chi connectivity index (χ1) is 15.7. The lowest BCUT2D eigenvalue weighted by atomic mass is 9.78. The van der Waals surface area contributed by atoms with Crippen LogP contribution in [0.3, 0.4) is 0 Å². The molecule has 1 aliphatic carbocycles. The number of rotatable bonds is 3. The maximum atomic E-state index is 13.6. The number of hydrogen-bond donors (Lipinski definition) is 1. The van der Waals surface area contributed by atoms with Crippen LogP contribution in [0.15, 0.2) is 59.8 Å². The first-order valence-corrected chi connectivity index (χ1v) is 11.1. The van der Waals surface area contributed by atoms with Crippen LogP contribution in [0.1, 0.15) is 48.7 Å². The van der Waals surface area contributed by atoms with Crippen LogP contribution in [-0.2, 0) is 11.2 Å². The van der Waals surface area contributed by atoms with E-state index >= 15 is 0 Å². The number of nitrogens with zero attached hydrogens (tertiary/aromatic N) is 3. The number of fused-ring (bicyclic) bond motifs is 2. The molecule has 7 heteroatoms. The van der Waals surface area contributed by atoms with Gasteiger partial charge in [-0.05, 0) is 35.6 Å². The van der Waals surface area contributed by atoms with Crippen LogP contribution in [0.25, 0.3) is 0 Å². The number of Topliss-reactive ketones (excluding diaryl/α,β-unsaturated/α-hetero) is 1. The van der Waals surface area contributed by atoms with E-state index in [1.807, 2.05) is 48.0 Å². The normalized spacial score (nSPS) is 21.6. The first kappa shape index (κ1) is 19.1. The number of ether oxygens (including phenoxy) is 2. The second-order valence-corrected chi connectivity index (χ2v) is 8.41. The quantitative estimate of drug-likeness (QED) is 0.679. The van der Waals surface area contributed by atoms with Crippen LogP contribution < -0.4 is 14.8 Å². The third kappa shape index (κ3) is 3.07. The van der Waals surface area contributed by atoms with Gasteiger partial charge in [-0.1, -0.05) is 43.3 Å². The Hall–Kier alpha value is -3.61. The number of benzene rings is 2. The van der Waals surface area contributed by atoms with Crippen molar-refractivity contribution in [2.24, 2.45) is 0 Å². The molecule has 0 fully saturated rings. The highest BCUT2D eigenvalue weighted by Crippen LogP contribution is 2.45. The van der Waals surface area contributed by atoms with Crippen LogP contribution in [-0.4, -0.2) is 33.8 Å². The molecule has 3 aliphatic rings. The maximum absolute atomic E-state index is 13.6. The van der Waals surface area contributed by atoms with Gasteiger partial charge in [-0.2, -0.15) is 10.1 Å². The number of carbonyl (C=O) groups excluding carboxylic acids is 1. The fourth-order valence-electron chi connectivity index (χ4n) is 4.91. The van der Waals surface area contributed by atoms with Crippen molar-refractivity contribution in [3.05, 3.63) is 76.8 Å². The number of allylic oxidation sites excluding steroid dienone is 2. The summed E-state index contributed by atoms with van der Waals surface area (Å²) in [4.78, 5) is 18.2. The Bertz CT molecular complexity index is 1230. The standard InChI is InChI=1S/C25H24N4O3/c1-2-22-27-25-26-18-12-17(15-6-4-3-5-7-15)13-19(30)23(18)24(29(25)28-22)16-8-9-20-21(14-16)32-11-10-31-20/h3-9,14,17,24H,2,10-13H2,1H3,(H,26,27,28). The zero-order valence-corrected chi connectivity index (χ0v) is 17.9. The molecule has 2 unspecified atom stereocenters. The first-order valence-electron chi connectivity index (χ1n) is 11.1. The molecular weight excluding hydrogens is 404 g/mol. The Balaban J connectivity index is 1.47. The molecule has 1 aromatic heterocycles. The van der Waals surface area contributed by atoms with E-state index in [0.717, 1.165) is 41.2 Å². The SMILES string of the molecule is CCc1nc2n(n1)C(c1ccc3c(c1)OCCO3)C1=C(CC(c3ccccc3)CC1=O)N2. The average molecular weight is 428 g/mol. The van der Waals surface area contributed by atoms with Crippen molar-refractivity contribution in [3.63, 3.8) is 0 Å². The van der Waals surface area contributed by atoms with Gasteiger partial charge in [0, 0.05) is 24.1 Å². The summed E-state index contributed by atoms with van der Waals surface area (Å²) in [5.74, 6) is 3.17. The monoisotopic (exact) mass is 428 g/mol. The van der Waals surface area contributed by atoms with E-state index in [-0.39, 0.29) is 17.7 Å². The molecule has 0 saturated carbocycles. The van der Waals surface area contributed by atoms with E-state index in [1.54, 1.807) is 0 Å². The molecule has 162 valence electrons. The molecule has 32 heavy (non-hydrogen) atoms. The van der Waals surface area contributed by atoms with Crippen LogP contribution in [0.4, 0.5) is 5.95 Å². The van der Waals surface area contributed by atoms with E-state index in [4.69, 9.17) is 14.6 Å². The molecule has 3 aromatic rings. The minimum Gasteiger partial charge on any atom is -0.486 e. The number of ketones is 1. The number of nitrogens with one attached hydrogen (secondary N) is 1. The van der Waals surface area contributed by atoms with Gasteiger partial charge in [0.1, 0.15) is 19.3 Å². The zero-order valence-electron chi connectivity index (χ0n) is 17.9. The summed E-state index contributed by atoms with van der Waals surface area (Å²) in [6.07, 6.45) is 1.97. The van der Waals surface area contributed by atoms with Gasteiger partial charge in [0.25, 0.3) is 0 Å². The molecule has 7 nitrogen and oxygen atoms in total. The topological polar surface area (TPSA) is 78.3 Å². The molecule has 0 saturated heterocycles. The van der Waals surface area contributed by atoms with Gasteiger partial charge in [0.15, 0.2) is 23.1 Å². The van der Waals surface area contributed by atoms with E-state index in [0.29, 0.717) is 31.3 Å². The minimum atomic E-state index is -0.339.